The average Bonchev–Trinajstić information content (AvgIpc) is 3.29. The lowest BCUT2D eigenvalue weighted by Crippen LogP contribution is -2.59. The highest BCUT2D eigenvalue weighted by molar-refractivity contribution is 5.89. The predicted octanol–water partition coefficient (Wildman–Crippen LogP) is 1.98. The zero-order valence-corrected chi connectivity index (χ0v) is 12.5. The number of aliphatic hydroxyl groups is 1. The molecule has 1 aromatic heterocycles. The molecule has 1 N–H and O–H groups in total. The first-order valence-electron chi connectivity index (χ1n) is 7.56. The summed E-state index contributed by atoms with van der Waals surface area (Å²) >= 11 is 0. The van der Waals surface area contributed by atoms with Crippen LogP contribution in [0.3, 0.4) is 0 Å². The molecule has 120 valence electrons. The fourth-order valence-electron chi connectivity index (χ4n) is 3.31. The molecule has 2 saturated carbocycles. The second kappa shape index (κ2) is 5.26. The molecule has 0 saturated heterocycles. The summed E-state index contributed by atoms with van der Waals surface area (Å²) in [6.45, 7) is 0.192. The molecule has 2 aliphatic rings. The summed E-state index contributed by atoms with van der Waals surface area (Å²) in [6.07, 6.45) is 3.42. The van der Waals surface area contributed by atoms with Crippen molar-refractivity contribution in [3.8, 4) is 0 Å². The Morgan fingerprint density at radius 1 is 1.50 bits per heavy atom. The molecule has 1 atom stereocenters. The lowest BCUT2D eigenvalue weighted by atomic mass is 9.61. The van der Waals surface area contributed by atoms with E-state index in [9.17, 15) is 18.7 Å². The van der Waals surface area contributed by atoms with Crippen molar-refractivity contribution in [2.75, 3.05) is 13.6 Å². The van der Waals surface area contributed by atoms with Crippen LogP contribution in [-0.4, -0.2) is 46.5 Å². The van der Waals surface area contributed by atoms with Crippen LogP contribution in [0.1, 0.15) is 31.2 Å². The minimum absolute atomic E-state index is 0.192. The maximum absolute atomic E-state index is 13.5. The standard InChI is InChI=1S/C16H20F2N2O2/c1-20(8-13(21)11-4-5-11)14(22)15(9-16(17,18)10-15)12-3-2-6-19-7-12/h2-3,6-7,11,13,21H,4-5,8-10H2,1H3. The van der Waals surface area contributed by atoms with Gasteiger partial charge in [-0.15, -0.1) is 0 Å². The van der Waals surface area contributed by atoms with Crippen LogP contribution in [0.25, 0.3) is 0 Å². The van der Waals surface area contributed by atoms with Crippen molar-refractivity contribution >= 4 is 5.91 Å². The second-order valence-electron chi connectivity index (χ2n) is 6.62. The minimum Gasteiger partial charge on any atom is -0.391 e. The van der Waals surface area contributed by atoms with Gasteiger partial charge >= 0.3 is 0 Å². The highest BCUT2D eigenvalue weighted by atomic mass is 19.3. The average molecular weight is 310 g/mol. The normalized spacial score (nSPS) is 23.5. The van der Waals surface area contributed by atoms with Gasteiger partial charge in [0.05, 0.1) is 11.5 Å². The fourth-order valence-corrected chi connectivity index (χ4v) is 3.31. The summed E-state index contributed by atoms with van der Waals surface area (Å²) in [7, 11) is 1.57. The van der Waals surface area contributed by atoms with E-state index in [-0.39, 0.29) is 18.4 Å². The van der Waals surface area contributed by atoms with Gasteiger partial charge in [-0.25, -0.2) is 8.78 Å². The number of aromatic nitrogens is 1. The highest BCUT2D eigenvalue weighted by Crippen LogP contribution is 2.54. The van der Waals surface area contributed by atoms with E-state index in [0.717, 1.165) is 12.8 Å². The maximum atomic E-state index is 13.5. The maximum Gasteiger partial charge on any atom is 0.250 e. The van der Waals surface area contributed by atoms with Gasteiger partial charge < -0.3 is 10.0 Å². The molecule has 1 unspecified atom stereocenters. The van der Waals surface area contributed by atoms with E-state index in [1.165, 1.54) is 11.1 Å². The summed E-state index contributed by atoms with van der Waals surface area (Å²) < 4.78 is 27.0. The summed E-state index contributed by atoms with van der Waals surface area (Å²) in [5.41, 5.74) is -0.686. The molecule has 0 radical (unpaired) electrons. The van der Waals surface area contributed by atoms with Crippen LogP contribution in [-0.2, 0) is 10.2 Å². The molecule has 0 spiro atoms. The van der Waals surface area contributed by atoms with Gasteiger partial charge in [-0.2, -0.15) is 0 Å². The molecule has 2 fully saturated rings. The molecule has 22 heavy (non-hydrogen) atoms. The Morgan fingerprint density at radius 2 is 2.18 bits per heavy atom. The third-order valence-corrected chi connectivity index (χ3v) is 4.72. The number of aliphatic hydroxyl groups excluding tert-OH is 1. The van der Waals surface area contributed by atoms with E-state index in [1.54, 1.807) is 25.4 Å². The summed E-state index contributed by atoms with van der Waals surface area (Å²) in [5.74, 6) is -2.93. The van der Waals surface area contributed by atoms with Gasteiger partial charge in [-0.3, -0.25) is 9.78 Å². The van der Waals surface area contributed by atoms with E-state index in [2.05, 4.69) is 4.98 Å². The zero-order valence-electron chi connectivity index (χ0n) is 12.5. The predicted molar refractivity (Wildman–Crippen MR) is 76.5 cm³/mol. The van der Waals surface area contributed by atoms with Crippen LogP contribution < -0.4 is 0 Å². The Hall–Kier alpha value is -1.56. The van der Waals surface area contributed by atoms with Crippen molar-refractivity contribution in [2.45, 2.75) is 43.1 Å². The highest BCUT2D eigenvalue weighted by Gasteiger charge is 2.62. The number of rotatable bonds is 5. The van der Waals surface area contributed by atoms with Crippen molar-refractivity contribution < 1.29 is 18.7 Å². The number of hydrogen-bond acceptors (Lipinski definition) is 3. The Kier molecular flexibility index (Phi) is 3.67. The Labute approximate surface area is 128 Å². The molecular weight excluding hydrogens is 290 g/mol. The number of carbonyl (C=O) groups is 1. The van der Waals surface area contributed by atoms with Gasteiger partial charge in [0.25, 0.3) is 5.92 Å². The van der Waals surface area contributed by atoms with Crippen LogP contribution in [0.15, 0.2) is 24.5 Å². The van der Waals surface area contributed by atoms with E-state index < -0.39 is 30.3 Å². The molecule has 4 nitrogen and oxygen atoms in total. The van der Waals surface area contributed by atoms with Gasteiger partial charge in [-0.05, 0) is 30.4 Å². The molecule has 0 bridgehead atoms. The first-order chi connectivity index (χ1) is 10.3. The fraction of sp³-hybridized carbons (Fsp3) is 0.625. The number of amides is 1. The van der Waals surface area contributed by atoms with Crippen LogP contribution >= 0.6 is 0 Å². The molecule has 0 aromatic carbocycles. The van der Waals surface area contributed by atoms with E-state index >= 15 is 0 Å². The zero-order chi connectivity index (χ0) is 16.0. The molecule has 3 rings (SSSR count). The lowest BCUT2D eigenvalue weighted by molar-refractivity contribution is -0.168. The van der Waals surface area contributed by atoms with Gasteiger partial charge in [0.1, 0.15) is 0 Å². The van der Waals surface area contributed by atoms with Crippen molar-refractivity contribution in [2.24, 2.45) is 5.92 Å². The molecule has 1 amide bonds. The van der Waals surface area contributed by atoms with Crippen molar-refractivity contribution in [1.29, 1.82) is 0 Å². The Morgan fingerprint density at radius 3 is 2.68 bits per heavy atom. The quantitative estimate of drug-likeness (QED) is 0.905. The van der Waals surface area contributed by atoms with Gasteiger partial charge in [0.2, 0.25) is 5.91 Å². The molecule has 1 heterocycles. The molecule has 6 heteroatoms. The number of hydrogen-bond donors (Lipinski definition) is 1. The van der Waals surface area contributed by atoms with Crippen LogP contribution in [0.5, 0.6) is 0 Å². The summed E-state index contributed by atoms with van der Waals surface area (Å²) in [6, 6.07) is 3.32. The number of halogens is 2. The van der Waals surface area contributed by atoms with Gasteiger partial charge in [0.15, 0.2) is 0 Å². The number of alkyl halides is 2. The van der Waals surface area contributed by atoms with E-state index in [4.69, 9.17) is 0 Å². The summed E-state index contributed by atoms with van der Waals surface area (Å²) in [4.78, 5) is 18.1. The largest absolute Gasteiger partial charge is 0.391 e. The molecule has 1 aromatic rings. The van der Waals surface area contributed by atoms with E-state index in [0.29, 0.717) is 5.56 Å². The first-order valence-corrected chi connectivity index (χ1v) is 7.56. The first kappa shape index (κ1) is 15.3. The minimum atomic E-state index is -2.82. The van der Waals surface area contributed by atoms with E-state index in [1.807, 2.05) is 0 Å². The Bertz CT molecular complexity index is 553. The van der Waals surface area contributed by atoms with Crippen molar-refractivity contribution in [1.82, 2.24) is 9.88 Å². The van der Waals surface area contributed by atoms with Crippen molar-refractivity contribution in [3.05, 3.63) is 30.1 Å². The molecule has 2 aliphatic carbocycles. The smallest absolute Gasteiger partial charge is 0.250 e. The molecular formula is C16H20F2N2O2. The summed E-state index contributed by atoms with van der Waals surface area (Å²) in [5, 5.41) is 9.98. The van der Waals surface area contributed by atoms with Crippen molar-refractivity contribution in [3.63, 3.8) is 0 Å². The molecule has 0 aliphatic heterocycles. The SMILES string of the molecule is CN(CC(O)C1CC1)C(=O)C1(c2cccnc2)CC(F)(F)C1. The van der Waals surface area contributed by atoms with Gasteiger partial charge in [-0.1, -0.05) is 6.07 Å². The van der Waals surface area contributed by atoms with Crippen LogP contribution in [0, 0.1) is 5.92 Å². The number of likely N-dealkylation sites (N-methyl/N-ethyl adjacent to an activating group) is 1. The number of carbonyl (C=O) groups excluding carboxylic acids is 1. The van der Waals surface area contributed by atoms with Crippen LogP contribution in [0.2, 0.25) is 0 Å². The van der Waals surface area contributed by atoms with Crippen LogP contribution in [0.4, 0.5) is 8.78 Å². The topological polar surface area (TPSA) is 53.4 Å². The monoisotopic (exact) mass is 310 g/mol. The Balaban J connectivity index is 1.79. The third kappa shape index (κ3) is 2.72. The number of pyridine rings is 1. The number of nitrogens with zero attached hydrogens (tertiary/aromatic N) is 2. The lowest BCUT2D eigenvalue weighted by Gasteiger charge is -2.47. The second-order valence-corrected chi connectivity index (χ2v) is 6.62. The third-order valence-electron chi connectivity index (χ3n) is 4.72. The van der Waals surface area contributed by atoms with Gasteiger partial charge in [0, 0.05) is 38.8 Å².